The lowest BCUT2D eigenvalue weighted by Crippen LogP contribution is -2.51. The van der Waals surface area contributed by atoms with Gasteiger partial charge in [-0.25, -0.2) is 9.59 Å². The molecule has 8 nitrogen and oxygen atoms in total. The Morgan fingerprint density at radius 3 is 2.22 bits per heavy atom. The molecule has 5 atom stereocenters. The highest BCUT2D eigenvalue weighted by atomic mass is 16.5. The molecule has 0 radical (unpaired) electrons. The summed E-state index contributed by atoms with van der Waals surface area (Å²) in [5, 5.41) is 15.5. The zero-order chi connectivity index (χ0) is 28.6. The van der Waals surface area contributed by atoms with E-state index in [-0.39, 0.29) is 37.0 Å². The maximum atomic E-state index is 13.3. The van der Waals surface area contributed by atoms with Crippen LogP contribution in [0, 0.1) is 11.3 Å². The standard InChI is InChI=1S/C33H34N2O6/c1-20(40-18-21-9-3-2-4-10-21)29(30(36)37)35-31(38)33-16-22(33)15-23(17-33)34-32(39)41-19-28-26-13-7-5-11-24(26)25-12-6-8-14-27(25)28/h2-14,20,22-23,28-29H,15-19H2,1H3,(H,34,39)(H,35,38)(H,36,37)/t20-,22?,23?,29+,33?/m1/s1. The van der Waals surface area contributed by atoms with Gasteiger partial charge in [0.2, 0.25) is 5.91 Å². The third-order valence-corrected chi connectivity index (χ3v) is 8.91. The Balaban J connectivity index is 1.02. The van der Waals surface area contributed by atoms with E-state index in [0.29, 0.717) is 19.3 Å². The normalized spacial score (nSPS) is 23.4. The highest BCUT2D eigenvalue weighted by Gasteiger charge is 2.65. The van der Waals surface area contributed by atoms with Gasteiger partial charge in [0.1, 0.15) is 6.61 Å². The number of hydrogen-bond donors (Lipinski definition) is 3. The first-order valence-corrected chi connectivity index (χ1v) is 14.2. The molecule has 2 fully saturated rings. The number of amides is 2. The minimum absolute atomic E-state index is 0.0266. The molecular weight excluding hydrogens is 520 g/mol. The molecule has 0 aromatic heterocycles. The highest BCUT2D eigenvalue weighted by molar-refractivity contribution is 5.90. The molecule has 0 heterocycles. The van der Waals surface area contributed by atoms with E-state index >= 15 is 0 Å². The summed E-state index contributed by atoms with van der Waals surface area (Å²) in [5.41, 5.74) is 4.89. The average molecular weight is 555 g/mol. The summed E-state index contributed by atoms with van der Waals surface area (Å²) in [6.07, 6.45) is 0.587. The molecule has 2 saturated carbocycles. The van der Waals surface area contributed by atoms with E-state index < -0.39 is 29.6 Å². The number of carbonyl (C=O) groups is 3. The van der Waals surface area contributed by atoms with Gasteiger partial charge >= 0.3 is 12.1 Å². The monoisotopic (exact) mass is 554 g/mol. The van der Waals surface area contributed by atoms with Gasteiger partial charge in [-0.05, 0) is 59.9 Å². The smallest absolute Gasteiger partial charge is 0.407 e. The predicted octanol–water partition coefficient (Wildman–Crippen LogP) is 4.87. The lowest BCUT2D eigenvalue weighted by molar-refractivity contribution is -0.147. The molecule has 0 aliphatic heterocycles. The molecule has 6 rings (SSSR count). The molecule has 3 aliphatic carbocycles. The number of rotatable bonds is 10. The Kier molecular flexibility index (Phi) is 7.26. The number of nitrogens with one attached hydrogen (secondary N) is 2. The van der Waals surface area contributed by atoms with Crippen molar-refractivity contribution in [3.05, 3.63) is 95.6 Å². The van der Waals surface area contributed by atoms with E-state index in [0.717, 1.165) is 16.7 Å². The number of carboxylic acid groups (broad SMARTS) is 1. The second-order valence-electron chi connectivity index (χ2n) is 11.5. The first kappa shape index (κ1) is 27.0. The molecule has 3 aromatic rings. The number of alkyl carbamates (subject to hydrolysis) is 1. The van der Waals surface area contributed by atoms with Crippen molar-refractivity contribution < 1.29 is 29.0 Å². The van der Waals surface area contributed by atoms with Gasteiger partial charge in [-0.3, -0.25) is 4.79 Å². The fourth-order valence-corrected chi connectivity index (χ4v) is 6.66. The molecule has 3 aromatic carbocycles. The molecule has 3 unspecified atom stereocenters. The van der Waals surface area contributed by atoms with Crippen LogP contribution in [0.25, 0.3) is 11.1 Å². The minimum atomic E-state index is -1.17. The lowest BCUT2D eigenvalue weighted by Gasteiger charge is -2.25. The van der Waals surface area contributed by atoms with Crippen LogP contribution in [-0.4, -0.2) is 47.9 Å². The second-order valence-corrected chi connectivity index (χ2v) is 11.5. The third kappa shape index (κ3) is 5.32. The van der Waals surface area contributed by atoms with Crippen LogP contribution in [0.15, 0.2) is 78.9 Å². The van der Waals surface area contributed by atoms with Gasteiger partial charge in [0, 0.05) is 12.0 Å². The van der Waals surface area contributed by atoms with Gasteiger partial charge in [-0.15, -0.1) is 0 Å². The summed E-state index contributed by atoms with van der Waals surface area (Å²) in [4.78, 5) is 38.1. The molecule has 8 heteroatoms. The Morgan fingerprint density at radius 1 is 0.927 bits per heavy atom. The summed E-state index contributed by atoms with van der Waals surface area (Å²) < 4.78 is 11.5. The Bertz CT molecular complexity index is 1410. The number of aliphatic carboxylic acids is 1. The van der Waals surface area contributed by atoms with Crippen LogP contribution in [0.5, 0.6) is 0 Å². The molecule has 2 amide bonds. The fourth-order valence-electron chi connectivity index (χ4n) is 6.66. The van der Waals surface area contributed by atoms with Crippen LogP contribution in [0.4, 0.5) is 4.79 Å². The van der Waals surface area contributed by atoms with Crippen molar-refractivity contribution in [1.82, 2.24) is 10.6 Å². The van der Waals surface area contributed by atoms with E-state index in [1.165, 1.54) is 11.1 Å². The Morgan fingerprint density at radius 2 is 1.56 bits per heavy atom. The van der Waals surface area contributed by atoms with Crippen LogP contribution in [-0.2, 0) is 25.7 Å². The van der Waals surface area contributed by atoms with Crippen molar-refractivity contribution in [1.29, 1.82) is 0 Å². The Hall–Kier alpha value is -4.17. The summed E-state index contributed by atoms with van der Waals surface area (Å²) in [5.74, 6) is -1.35. The number of carbonyl (C=O) groups excluding carboxylic acids is 2. The zero-order valence-corrected chi connectivity index (χ0v) is 22.9. The number of benzene rings is 3. The van der Waals surface area contributed by atoms with Crippen molar-refractivity contribution in [2.75, 3.05) is 6.61 Å². The van der Waals surface area contributed by atoms with Crippen molar-refractivity contribution in [2.45, 2.75) is 56.9 Å². The van der Waals surface area contributed by atoms with Gasteiger partial charge in [0.15, 0.2) is 6.04 Å². The van der Waals surface area contributed by atoms with Gasteiger partial charge < -0.3 is 25.2 Å². The molecule has 0 saturated heterocycles. The van der Waals surface area contributed by atoms with Crippen LogP contribution < -0.4 is 10.6 Å². The van der Waals surface area contributed by atoms with Crippen LogP contribution in [0.2, 0.25) is 0 Å². The first-order chi connectivity index (χ1) is 19.9. The SMILES string of the molecule is C[C@@H](OCc1ccccc1)[C@H](NC(=O)C12CC(NC(=O)OCC3c4ccccc4-c4ccccc43)CC1C2)C(=O)O. The molecular formula is C33H34N2O6. The largest absolute Gasteiger partial charge is 0.480 e. The minimum Gasteiger partial charge on any atom is -0.480 e. The first-order valence-electron chi connectivity index (χ1n) is 14.2. The van der Waals surface area contributed by atoms with Gasteiger partial charge in [-0.2, -0.15) is 0 Å². The fraction of sp³-hybridized carbons (Fsp3) is 0.364. The van der Waals surface area contributed by atoms with E-state index in [1.807, 2.05) is 54.6 Å². The third-order valence-electron chi connectivity index (χ3n) is 8.91. The molecule has 41 heavy (non-hydrogen) atoms. The van der Waals surface area contributed by atoms with Crippen molar-refractivity contribution in [3.8, 4) is 11.1 Å². The molecule has 3 N–H and O–H groups in total. The van der Waals surface area contributed by atoms with Gasteiger partial charge in [0.25, 0.3) is 0 Å². The average Bonchev–Trinajstić information content (AvgIpc) is 3.41. The number of carboxylic acids is 1. The summed E-state index contributed by atoms with van der Waals surface area (Å²) in [6, 6.07) is 24.5. The van der Waals surface area contributed by atoms with Crippen LogP contribution >= 0.6 is 0 Å². The van der Waals surface area contributed by atoms with Crippen molar-refractivity contribution in [2.24, 2.45) is 11.3 Å². The summed E-state index contributed by atoms with van der Waals surface area (Å²) in [6.45, 7) is 2.13. The van der Waals surface area contributed by atoms with E-state index in [9.17, 15) is 19.5 Å². The zero-order valence-electron chi connectivity index (χ0n) is 22.9. The van der Waals surface area contributed by atoms with Gasteiger partial charge in [-0.1, -0.05) is 78.9 Å². The van der Waals surface area contributed by atoms with E-state index in [1.54, 1.807) is 6.92 Å². The summed E-state index contributed by atoms with van der Waals surface area (Å²) in [7, 11) is 0. The van der Waals surface area contributed by atoms with Crippen molar-refractivity contribution in [3.63, 3.8) is 0 Å². The maximum absolute atomic E-state index is 13.3. The summed E-state index contributed by atoms with van der Waals surface area (Å²) >= 11 is 0. The predicted molar refractivity (Wildman–Crippen MR) is 152 cm³/mol. The van der Waals surface area contributed by atoms with Gasteiger partial charge in [0.05, 0.1) is 18.1 Å². The lowest BCUT2D eigenvalue weighted by atomic mass is 9.98. The van der Waals surface area contributed by atoms with E-state index in [4.69, 9.17) is 9.47 Å². The quantitative estimate of drug-likeness (QED) is 0.330. The second kappa shape index (κ2) is 11.0. The number of hydrogen-bond acceptors (Lipinski definition) is 5. The van der Waals surface area contributed by atoms with Crippen molar-refractivity contribution >= 4 is 18.0 Å². The number of fused-ring (bicyclic) bond motifs is 4. The molecule has 0 spiro atoms. The highest BCUT2D eigenvalue weighted by Crippen LogP contribution is 2.63. The molecule has 0 bridgehead atoms. The maximum Gasteiger partial charge on any atom is 0.407 e. The molecule has 3 aliphatic rings. The Labute approximate surface area is 239 Å². The van der Waals surface area contributed by atoms with Crippen LogP contribution in [0.3, 0.4) is 0 Å². The number of ether oxygens (including phenoxy) is 2. The van der Waals surface area contributed by atoms with Crippen LogP contribution in [0.1, 0.15) is 48.8 Å². The molecule has 212 valence electrons. The topological polar surface area (TPSA) is 114 Å². The van der Waals surface area contributed by atoms with E-state index in [2.05, 4.69) is 34.9 Å².